The van der Waals surface area contributed by atoms with E-state index in [1.54, 1.807) is 18.2 Å². The van der Waals surface area contributed by atoms with E-state index in [0.29, 0.717) is 27.6 Å². The van der Waals surface area contributed by atoms with Crippen molar-refractivity contribution in [3.63, 3.8) is 0 Å². The quantitative estimate of drug-likeness (QED) is 0.726. The van der Waals surface area contributed by atoms with Crippen molar-refractivity contribution in [3.8, 4) is 11.6 Å². The first-order valence-corrected chi connectivity index (χ1v) is 8.01. The van der Waals surface area contributed by atoms with Crippen LogP contribution in [0.2, 0.25) is 10.0 Å². The van der Waals surface area contributed by atoms with Gasteiger partial charge in [0.2, 0.25) is 5.88 Å². The second-order valence-electron chi connectivity index (χ2n) is 4.77. The molecule has 0 radical (unpaired) electrons. The largest absolute Gasteiger partial charge is 0.437 e. The molecule has 1 aliphatic rings. The number of benzene rings is 1. The molecule has 1 N–H and O–H groups in total. The molecule has 1 heterocycles. The molecule has 21 heavy (non-hydrogen) atoms. The summed E-state index contributed by atoms with van der Waals surface area (Å²) in [4.78, 5) is 8.89. The highest BCUT2D eigenvalue weighted by molar-refractivity contribution is 9.10. The second-order valence-corrected chi connectivity index (χ2v) is 6.44. The third-order valence-corrected chi connectivity index (χ3v) is 4.60. The van der Waals surface area contributed by atoms with Crippen molar-refractivity contribution in [2.45, 2.75) is 18.8 Å². The zero-order valence-electron chi connectivity index (χ0n) is 11.2. The van der Waals surface area contributed by atoms with Crippen molar-refractivity contribution in [1.82, 2.24) is 9.97 Å². The molecule has 1 aromatic carbocycles. The van der Waals surface area contributed by atoms with Crippen LogP contribution in [0.15, 0.2) is 22.7 Å². The molecular weight excluding hydrogens is 377 g/mol. The molecule has 3 rings (SSSR count). The van der Waals surface area contributed by atoms with Crippen LogP contribution in [0.5, 0.6) is 11.6 Å². The van der Waals surface area contributed by atoms with Crippen LogP contribution in [-0.2, 0) is 0 Å². The van der Waals surface area contributed by atoms with Gasteiger partial charge in [0.25, 0.3) is 0 Å². The molecule has 1 fully saturated rings. The summed E-state index contributed by atoms with van der Waals surface area (Å²) >= 11 is 15.6. The van der Waals surface area contributed by atoms with Crippen LogP contribution < -0.4 is 10.1 Å². The lowest BCUT2D eigenvalue weighted by Crippen LogP contribution is -2.01. The number of hydrogen-bond donors (Lipinski definition) is 1. The van der Waals surface area contributed by atoms with Crippen molar-refractivity contribution < 1.29 is 4.74 Å². The van der Waals surface area contributed by atoms with Gasteiger partial charge in [-0.25, -0.2) is 4.98 Å². The molecule has 1 saturated carbocycles. The van der Waals surface area contributed by atoms with E-state index in [-0.39, 0.29) is 0 Å². The highest BCUT2D eigenvalue weighted by Crippen LogP contribution is 2.40. The minimum atomic E-state index is 0.435. The van der Waals surface area contributed by atoms with E-state index in [1.807, 2.05) is 7.05 Å². The molecule has 0 unspecified atom stereocenters. The number of anilines is 1. The molecule has 110 valence electrons. The van der Waals surface area contributed by atoms with Crippen LogP contribution in [0, 0.1) is 0 Å². The highest BCUT2D eigenvalue weighted by atomic mass is 79.9. The van der Waals surface area contributed by atoms with E-state index in [9.17, 15) is 0 Å². The van der Waals surface area contributed by atoms with Gasteiger partial charge in [-0.05, 0) is 34.8 Å². The summed E-state index contributed by atoms with van der Waals surface area (Å²) in [6.45, 7) is 0. The average Bonchev–Trinajstić information content (AvgIpc) is 3.29. The first-order valence-electron chi connectivity index (χ1n) is 6.46. The monoisotopic (exact) mass is 387 g/mol. The zero-order valence-corrected chi connectivity index (χ0v) is 14.3. The first kappa shape index (κ1) is 14.9. The predicted molar refractivity (Wildman–Crippen MR) is 87.8 cm³/mol. The topological polar surface area (TPSA) is 47.0 Å². The van der Waals surface area contributed by atoms with Crippen molar-refractivity contribution >= 4 is 44.9 Å². The number of nitrogens with one attached hydrogen (secondary N) is 1. The molecule has 0 spiro atoms. The molecule has 1 aliphatic carbocycles. The lowest BCUT2D eigenvalue weighted by atomic mass is 10.3. The molecule has 0 saturated heterocycles. The summed E-state index contributed by atoms with van der Waals surface area (Å²) in [6, 6.07) is 5.09. The molecule has 7 heteroatoms. The van der Waals surface area contributed by atoms with Gasteiger partial charge in [0, 0.05) is 29.6 Å². The SMILES string of the molecule is CNc1cc(Oc2cc(Cl)c(Br)cc2Cl)nc(C2CC2)n1. The minimum Gasteiger partial charge on any atom is -0.437 e. The summed E-state index contributed by atoms with van der Waals surface area (Å²) in [6.07, 6.45) is 2.24. The Morgan fingerprint density at radius 3 is 2.62 bits per heavy atom. The molecule has 0 aliphatic heterocycles. The van der Waals surface area contributed by atoms with Gasteiger partial charge in [-0.15, -0.1) is 0 Å². The molecule has 4 nitrogen and oxygen atoms in total. The van der Waals surface area contributed by atoms with Crippen LogP contribution in [-0.4, -0.2) is 17.0 Å². The maximum atomic E-state index is 6.17. The van der Waals surface area contributed by atoms with Crippen molar-refractivity contribution in [2.75, 3.05) is 12.4 Å². The van der Waals surface area contributed by atoms with Crippen LogP contribution in [0.25, 0.3) is 0 Å². The second kappa shape index (κ2) is 5.99. The third kappa shape index (κ3) is 3.42. The van der Waals surface area contributed by atoms with E-state index >= 15 is 0 Å². The molecule has 0 amide bonds. The highest BCUT2D eigenvalue weighted by Gasteiger charge is 2.27. The van der Waals surface area contributed by atoms with Gasteiger partial charge in [0.05, 0.1) is 10.0 Å². The summed E-state index contributed by atoms with van der Waals surface area (Å²) in [7, 11) is 1.81. The summed E-state index contributed by atoms with van der Waals surface area (Å²) in [5.74, 6) is 2.88. The minimum absolute atomic E-state index is 0.435. The fourth-order valence-corrected chi connectivity index (χ4v) is 2.67. The molecule has 0 atom stereocenters. The predicted octanol–water partition coefficient (Wildman–Crippen LogP) is 5.26. The number of ether oxygens (including phenoxy) is 1. The Kier molecular flexibility index (Phi) is 4.24. The molecule has 1 aromatic heterocycles. The Morgan fingerprint density at radius 2 is 1.95 bits per heavy atom. The van der Waals surface area contributed by atoms with Crippen LogP contribution >= 0.6 is 39.1 Å². The molecule has 0 bridgehead atoms. The Labute approximate surface area is 141 Å². The van der Waals surface area contributed by atoms with Gasteiger partial charge in [0.1, 0.15) is 17.4 Å². The summed E-state index contributed by atoms with van der Waals surface area (Å²) in [5, 5.41) is 4.00. The number of rotatable bonds is 4. The van der Waals surface area contributed by atoms with Gasteiger partial charge in [-0.2, -0.15) is 4.98 Å². The van der Waals surface area contributed by atoms with Crippen LogP contribution in [0.3, 0.4) is 0 Å². The fraction of sp³-hybridized carbons (Fsp3) is 0.286. The Balaban J connectivity index is 1.94. The number of nitrogens with zero attached hydrogens (tertiary/aromatic N) is 2. The maximum absolute atomic E-state index is 6.17. The zero-order chi connectivity index (χ0) is 15.0. The normalized spacial score (nSPS) is 14.1. The van der Waals surface area contributed by atoms with Crippen LogP contribution in [0.4, 0.5) is 5.82 Å². The molecule has 2 aromatic rings. The van der Waals surface area contributed by atoms with E-state index in [1.165, 1.54) is 0 Å². The van der Waals surface area contributed by atoms with Gasteiger partial charge in [-0.3, -0.25) is 0 Å². The lowest BCUT2D eigenvalue weighted by Gasteiger charge is -2.10. The van der Waals surface area contributed by atoms with E-state index in [4.69, 9.17) is 27.9 Å². The van der Waals surface area contributed by atoms with Gasteiger partial charge >= 0.3 is 0 Å². The number of hydrogen-bond acceptors (Lipinski definition) is 4. The van der Waals surface area contributed by atoms with E-state index < -0.39 is 0 Å². The summed E-state index contributed by atoms with van der Waals surface area (Å²) < 4.78 is 6.50. The molecular formula is C14H12BrCl2N3O. The first-order chi connectivity index (χ1) is 10.1. The van der Waals surface area contributed by atoms with E-state index in [2.05, 4.69) is 31.2 Å². The third-order valence-electron chi connectivity index (χ3n) is 3.11. The Hall–Kier alpha value is -1.04. The lowest BCUT2D eigenvalue weighted by molar-refractivity contribution is 0.459. The van der Waals surface area contributed by atoms with Crippen molar-refractivity contribution in [1.29, 1.82) is 0 Å². The van der Waals surface area contributed by atoms with Crippen molar-refractivity contribution in [2.24, 2.45) is 0 Å². The Bertz CT molecular complexity index is 692. The summed E-state index contributed by atoms with van der Waals surface area (Å²) in [5.41, 5.74) is 0. The fourth-order valence-electron chi connectivity index (χ4n) is 1.84. The van der Waals surface area contributed by atoms with E-state index in [0.717, 1.165) is 29.0 Å². The Morgan fingerprint density at radius 1 is 1.19 bits per heavy atom. The van der Waals surface area contributed by atoms with Gasteiger partial charge in [0.15, 0.2) is 0 Å². The standard InChI is InChI=1S/C14H12BrCl2N3O/c1-18-12-6-13(20-14(19-12)7-2-3-7)21-11-5-9(16)8(15)4-10(11)17/h4-7H,2-3H2,1H3,(H,18,19,20). The number of halogens is 3. The smallest absolute Gasteiger partial charge is 0.224 e. The maximum Gasteiger partial charge on any atom is 0.224 e. The van der Waals surface area contributed by atoms with Gasteiger partial charge < -0.3 is 10.1 Å². The van der Waals surface area contributed by atoms with Gasteiger partial charge in [-0.1, -0.05) is 23.2 Å². The number of aromatic nitrogens is 2. The average molecular weight is 389 g/mol. The van der Waals surface area contributed by atoms with Crippen molar-refractivity contribution in [3.05, 3.63) is 38.5 Å². The van der Waals surface area contributed by atoms with Crippen LogP contribution in [0.1, 0.15) is 24.6 Å².